The van der Waals surface area contributed by atoms with Crippen LogP contribution < -0.4 is 4.90 Å². The molecule has 4 heteroatoms. The highest BCUT2D eigenvalue weighted by atomic mass is 19.1. The summed E-state index contributed by atoms with van der Waals surface area (Å²) in [4.78, 5) is 13.8. The molecule has 0 bridgehead atoms. The number of ketones is 1. The molecule has 104 valence electrons. The van der Waals surface area contributed by atoms with Gasteiger partial charge in [0.1, 0.15) is 11.6 Å². The van der Waals surface area contributed by atoms with Crippen LogP contribution in [0.15, 0.2) is 48.5 Å². The molecule has 0 aromatic heterocycles. The zero-order valence-electron chi connectivity index (χ0n) is 11.1. The Morgan fingerprint density at radius 3 is 2.30 bits per heavy atom. The molecule has 0 fully saturated rings. The van der Waals surface area contributed by atoms with Crippen LogP contribution >= 0.6 is 0 Å². The molecule has 2 rings (SSSR count). The summed E-state index contributed by atoms with van der Waals surface area (Å²) in [5, 5.41) is 0. The summed E-state index contributed by atoms with van der Waals surface area (Å²) in [5.41, 5.74) is 0.812. The second-order valence-corrected chi connectivity index (χ2v) is 4.40. The Hall–Kier alpha value is -2.23. The van der Waals surface area contributed by atoms with E-state index >= 15 is 0 Å². The minimum atomic E-state index is -0.386. The van der Waals surface area contributed by atoms with Crippen LogP contribution in [0, 0.1) is 11.6 Å². The van der Waals surface area contributed by atoms with Crippen molar-refractivity contribution in [1.82, 2.24) is 0 Å². The summed E-state index contributed by atoms with van der Waals surface area (Å²) < 4.78 is 26.6. The molecule has 0 saturated heterocycles. The van der Waals surface area contributed by atoms with Gasteiger partial charge in [0.05, 0.1) is 12.2 Å². The van der Waals surface area contributed by atoms with Gasteiger partial charge in [-0.15, -0.1) is 0 Å². The first-order valence-electron chi connectivity index (χ1n) is 6.40. The number of halogens is 2. The molecule has 0 aliphatic rings. The van der Waals surface area contributed by atoms with Crippen LogP contribution in [0.4, 0.5) is 14.5 Å². The fraction of sp³-hybridized carbons (Fsp3) is 0.188. The van der Waals surface area contributed by atoms with E-state index < -0.39 is 0 Å². The molecule has 0 heterocycles. The second kappa shape index (κ2) is 6.28. The standard InChI is InChI=1S/C16H15F2NO/c1-2-19(15-6-4-3-5-14(15)18)11-16(20)12-7-9-13(17)10-8-12/h3-10H,2,11H2,1H3. The molecule has 20 heavy (non-hydrogen) atoms. The van der Waals surface area contributed by atoms with E-state index in [1.807, 2.05) is 6.92 Å². The van der Waals surface area contributed by atoms with E-state index in [4.69, 9.17) is 0 Å². The summed E-state index contributed by atoms with van der Waals surface area (Å²) in [7, 11) is 0. The number of nitrogens with zero attached hydrogens (tertiary/aromatic N) is 1. The highest BCUT2D eigenvalue weighted by molar-refractivity contribution is 5.99. The molecule has 2 aromatic carbocycles. The van der Waals surface area contributed by atoms with E-state index in [0.717, 1.165) is 0 Å². The lowest BCUT2D eigenvalue weighted by atomic mass is 10.1. The third-order valence-corrected chi connectivity index (χ3v) is 3.08. The van der Waals surface area contributed by atoms with E-state index in [2.05, 4.69) is 0 Å². The van der Waals surface area contributed by atoms with Crippen molar-refractivity contribution in [2.45, 2.75) is 6.92 Å². The van der Waals surface area contributed by atoms with Crippen molar-refractivity contribution in [3.63, 3.8) is 0 Å². The van der Waals surface area contributed by atoms with Gasteiger partial charge in [0.15, 0.2) is 5.78 Å². The molecule has 0 aliphatic carbocycles. The van der Waals surface area contributed by atoms with Crippen LogP contribution in [-0.2, 0) is 0 Å². The summed E-state index contributed by atoms with van der Waals surface area (Å²) in [5.74, 6) is -0.917. The minimum absolute atomic E-state index is 0.0586. The van der Waals surface area contributed by atoms with Crippen molar-refractivity contribution in [3.05, 3.63) is 65.7 Å². The summed E-state index contributed by atoms with van der Waals surface area (Å²) in [6.07, 6.45) is 0. The number of hydrogen-bond acceptors (Lipinski definition) is 2. The Kier molecular flexibility index (Phi) is 4.45. The second-order valence-electron chi connectivity index (χ2n) is 4.40. The maximum atomic E-state index is 13.7. The number of Topliss-reactive ketones (excluding diaryl/α,β-unsaturated/α-hetero) is 1. The Morgan fingerprint density at radius 1 is 1.05 bits per heavy atom. The number of hydrogen-bond donors (Lipinski definition) is 0. The molecule has 0 radical (unpaired) electrons. The van der Waals surface area contributed by atoms with Gasteiger partial charge in [0.25, 0.3) is 0 Å². The summed E-state index contributed by atoms with van der Waals surface area (Å²) in [6, 6.07) is 11.7. The monoisotopic (exact) mass is 275 g/mol. The molecule has 0 aliphatic heterocycles. The summed E-state index contributed by atoms with van der Waals surface area (Å²) in [6.45, 7) is 2.42. The Bertz CT molecular complexity index is 596. The van der Waals surface area contributed by atoms with Crippen LogP contribution in [0.2, 0.25) is 0 Å². The lowest BCUT2D eigenvalue weighted by molar-refractivity contribution is 0.0999. The van der Waals surface area contributed by atoms with Crippen LogP contribution in [0.3, 0.4) is 0 Å². The van der Waals surface area contributed by atoms with Crippen molar-refractivity contribution in [3.8, 4) is 0 Å². The van der Waals surface area contributed by atoms with E-state index in [0.29, 0.717) is 17.8 Å². The minimum Gasteiger partial charge on any atom is -0.362 e. The van der Waals surface area contributed by atoms with Gasteiger partial charge in [-0.05, 0) is 43.3 Å². The van der Waals surface area contributed by atoms with Crippen molar-refractivity contribution in [2.75, 3.05) is 18.0 Å². The zero-order chi connectivity index (χ0) is 14.5. The van der Waals surface area contributed by atoms with Gasteiger partial charge >= 0.3 is 0 Å². The average molecular weight is 275 g/mol. The zero-order valence-corrected chi connectivity index (χ0v) is 11.1. The molecular formula is C16H15F2NO. The molecule has 0 saturated carbocycles. The number of para-hydroxylation sites is 1. The van der Waals surface area contributed by atoms with Gasteiger partial charge in [-0.1, -0.05) is 12.1 Å². The largest absolute Gasteiger partial charge is 0.362 e. The molecule has 2 aromatic rings. The number of carbonyl (C=O) groups is 1. The molecule has 0 atom stereocenters. The van der Waals surface area contributed by atoms with E-state index in [9.17, 15) is 13.6 Å². The number of rotatable bonds is 5. The van der Waals surface area contributed by atoms with Gasteiger partial charge in [-0.3, -0.25) is 4.79 Å². The fourth-order valence-electron chi connectivity index (χ4n) is 1.98. The SMILES string of the molecule is CCN(CC(=O)c1ccc(F)cc1)c1ccccc1F. The molecule has 0 N–H and O–H groups in total. The van der Waals surface area contributed by atoms with Gasteiger partial charge in [0, 0.05) is 12.1 Å². The van der Waals surface area contributed by atoms with Gasteiger partial charge in [-0.2, -0.15) is 0 Å². The van der Waals surface area contributed by atoms with Crippen molar-refractivity contribution < 1.29 is 13.6 Å². The third-order valence-electron chi connectivity index (χ3n) is 3.08. The maximum absolute atomic E-state index is 13.7. The summed E-state index contributed by atoms with van der Waals surface area (Å²) >= 11 is 0. The molecule has 0 amide bonds. The van der Waals surface area contributed by atoms with E-state index in [-0.39, 0.29) is 24.0 Å². The van der Waals surface area contributed by atoms with E-state index in [1.165, 1.54) is 30.3 Å². The fourth-order valence-corrected chi connectivity index (χ4v) is 1.98. The van der Waals surface area contributed by atoms with E-state index in [1.54, 1.807) is 23.1 Å². The lowest BCUT2D eigenvalue weighted by Gasteiger charge is -2.22. The van der Waals surface area contributed by atoms with Gasteiger partial charge in [0.2, 0.25) is 0 Å². The Morgan fingerprint density at radius 2 is 1.70 bits per heavy atom. The number of likely N-dealkylation sites (N-methyl/N-ethyl adjacent to an activating group) is 1. The number of carbonyl (C=O) groups excluding carboxylic acids is 1. The first-order chi connectivity index (χ1) is 9.61. The third kappa shape index (κ3) is 3.20. The first kappa shape index (κ1) is 14.2. The topological polar surface area (TPSA) is 20.3 Å². The maximum Gasteiger partial charge on any atom is 0.182 e. The predicted molar refractivity (Wildman–Crippen MR) is 75.0 cm³/mol. The number of anilines is 1. The normalized spacial score (nSPS) is 10.3. The van der Waals surface area contributed by atoms with Crippen molar-refractivity contribution in [2.24, 2.45) is 0 Å². The number of benzene rings is 2. The van der Waals surface area contributed by atoms with Crippen LogP contribution in [0.5, 0.6) is 0 Å². The molecule has 2 nitrogen and oxygen atoms in total. The van der Waals surface area contributed by atoms with Gasteiger partial charge in [-0.25, -0.2) is 8.78 Å². The van der Waals surface area contributed by atoms with Crippen molar-refractivity contribution >= 4 is 11.5 Å². The average Bonchev–Trinajstić information content (AvgIpc) is 2.46. The van der Waals surface area contributed by atoms with Crippen LogP contribution in [0.1, 0.15) is 17.3 Å². The highest BCUT2D eigenvalue weighted by Crippen LogP contribution is 2.18. The lowest BCUT2D eigenvalue weighted by Crippen LogP contribution is -2.30. The highest BCUT2D eigenvalue weighted by Gasteiger charge is 2.14. The van der Waals surface area contributed by atoms with Crippen LogP contribution in [-0.4, -0.2) is 18.9 Å². The van der Waals surface area contributed by atoms with Gasteiger partial charge < -0.3 is 4.90 Å². The molecule has 0 unspecified atom stereocenters. The molecule has 0 spiro atoms. The first-order valence-corrected chi connectivity index (χ1v) is 6.40. The van der Waals surface area contributed by atoms with Crippen molar-refractivity contribution in [1.29, 1.82) is 0 Å². The predicted octanol–water partition coefficient (Wildman–Crippen LogP) is 3.67. The van der Waals surface area contributed by atoms with Crippen LogP contribution in [0.25, 0.3) is 0 Å². The molecular weight excluding hydrogens is 260 g/mol. The Labute approximate surface area is 116 Å². The smallest absolute Gasteiger partial charge is 0.182 e. The quantitative estimate of drug-likeness (QED) is 0.776. The Balaban J connectivity index is 2.16.